The van der Waals surface area contributed by atoms with Gasteiger partial charge in [0.05, 0.1) is 11.9 Å². The van der Waals surface area contributed by atoms with Gasteiger partial charge in [0.1, 0.15) is 11.5 Å². The highest BCUT2D eigenvalue weighted by atomic mass is 16.5. The number of ether oxygens (including phenoxy) is 2. The molecule has 4 rings (SSSR count). The summed E-state index contributed by atoms with van der Waals surface area (Å²) in [6.07, 6.45) is 6.86. The van der Waals surface area contributed by atoms with Gasteiger partial charge in [-0.05, 0) is 66.8 Å². The molecule has 0 atom stereocenters. The van der Waals surface area contributed by atoms with Crippen LogP contribution in [0.2, 0.25) is 0 Å². The Bertz CT molecular complexity index is 947. The van der Waals surface area contributed by atoms with Crippen LogP contribution in [0.25, 0.3) is 0 Å². The van der Waals surface area contributed by atoms with Crippen LogP contribution < -0.4 is 9.47 Å². The fraction of sp³-hybridized carbons (Fsp3) is 0.125. The Balaban J connectivity index is 1.57. The van der Waals surface area contributed by atoms with Crippen LogP contribution >= 0.6 is 0 Å². The lowest BCUT2D eigenvalue weighted by Crippen LogP contribution is -2.05. The molecule has 0 saturated heterocycles. The first-order valence-electron chi connectivity index (χ1n) is 9.18. The van der Waals surface area contributed by atoms with E-state index in [2.05, 4.69) is 12.1 Å². The molecule has 0 fully saturated rings. The molecule has 0 aliphatic heterocycles. The summed E-state index contributed by atoms with van der Waals surface area (Å²) in [5.41, 5.74) is 3.72. The highest BCUT2D eigenvalue weighted by molar-refractivity contribution is 5.91. The summed E-state index contributed by atoms with van der Waals surface area (Å²) in [6, 6.07) is 25.6. The molecular formula is C24H21NO2. The molecule has 0 radical (unpaired) electrons. The third kappa shape index (κ3) is 4.64. The van der Waals surface area contributed by atoms with E-state index in [1.54, 1.807) is 12.3 Å². The van der Waals surface area contributed by atoms with Crippen molar-refractivity contribution in [2.24, 2.45) is 4.99 Å². The van der Waals surface area contributed by atoms with E-state index in [-0.39, 0.29) is 0 Å². The first-order chi connectivity index (χ1) is 13.4. The minimum absolute atomic E-state index is 0.482. The van der Waals surface area contributed by atoms with Crippen LogP contribution in [-0.2, 0) is 12.8 Å². The molecule has 0 unspecified atom stereocenters. The van der Waals surface area contributed by atoms with E-state index in [9.17, 15) is 0 Å². The summed E-state index contributed by atoms with van der Waals surface area (Å²) in [4.78, 5) is 4.69. The second kappa shape index (κ2) is 8.37. The second-order valence-electron chi connectivity index (χ2n) is 6.41. The van der Waals surface area contributed by atoms with Crippen molar-refractivity contribution in [3.05, 3.63) is 102 Å². The number of rotatable bonds is 5. The SMILES string of the molecule is C(=CC(=Nc1ccc2c(c1)CCC2)Oc1ccccc1)Oc1ccccc1. The monoisotopic (exact) mass is 355 g/mol. The molecule has 3 aromatic rings. The van der Waals surface area contributed by atoms with Crippen LogP contribution in [0.5, 0.6) is 11.5 Å². The summed E-state index contributed by atoms with van der Waals surface area (Å²) >= 11 is 0. The number of hydrogen-bond donors (Lipinski definition) is 0. The molecule has 134 valence electrons. The molecular weight excluding hydrogens is 334 g/mol. The van der Waals surface area contributed by atoms with Crippen LogP contribution in [0.15, 0.2) is 96.2 Å². The summed E-state index contributed by atoms with van der Waals surface area (Å²) in [6.45, 7) is 0. The maximum Gasteiger partial charge on any atom is 0.222 e. The molecule has 0 saturated carbocycles. The van der Waals surface area contributed by atoms with Gasteiger partial charge in [0, 0.05) is 6.08 Å². The van der Waals surface area contributed by atoms with Crippen molar-refractivity contribution in [3.63, 3.8) is 0 Å². The molecule has 0 aromatic heterocycles. The number of benzene rings is 3. The van der Waals surface area contributed by atoms with Gasteiger partial charge in [0.25, 0.3) is 0 Å². The molecule has 27 heavy (non-hydrogen) atoms. The standard InChI is InChI=1S/C24H21NO2/c1-3-10-22(11-4-1)26-17-16-24(27-23-12-5-2-6-13-23)25-21-15-14-19-8-7-9-20(19)18-21/h1-6,10-18H,7-9H2. The Morgan fingerprint density at radius 3 is 2.26 bits per heavy atom. The largest absolute Gasteiger partial charge is 0.465 e. The number of para-hydroxylation sites is 2. The van der Waals surface area contributed by atoms with Crippen molar-refractivity contribution < 1.29 is 9.47 Å². The van der Waals surface area contributed by atoms with Gasteiger partial charge >= 0.3 is 0 Å². The van der Waals surface area contributed by atoms with E-state index in [1.165, 1.54) is 17.5 Å². The normalized spacial score (nSPS) is 13.6. The highest BCUT2D eigenvalue weighted by Gasteiger charge is 2.11. The zero-order valence-electron chi connectivity index (χ0n) is 15.0. The van der Waals surface area contributed by atoms with Gasteiger partial charge in [-0.2, -0.15) is 0 Å². The minimum Gasteiger partial charge on any atom is -0.465 e. The van der Waals surface area contributed by atoms with E-state index in [0.717, 1.165) is 30.0 Å². The molecule has 3 aromatic carbocycles. The summed E-state index contributed by atoms with van der Waals surface area (Å²) < 4.78 is 11.6. The van der Waals surface area contributed by atoms with Crippen molar-refractivity contribution in [1.82, 2.24) is 0 Å². The quantitative estimate of drug-likeness (QED) is 0.325. The fourth-order valence-corrected chi connectivity index (χ4v) is 3.13. The van der Waals surface area contributed by atoms with E-state index < -0.39 is 0 Å². The molecule has 3 heteroatoms. The molecule has 0 bridgehead atoms. The maximum absolute atomic E-state index is 5.96. The molecule has 1 aliphatic rings. The second-order valence-corrected chi connectivity index (χ2v) is 6.41. The van der Waals surface area contributed by atoms with Crippen molar-refractivity contribution in [2.45, 2.75) is 19.3 Å². The van der Waals surface area contributed by atoms with E-state index in [0.29, 0.717) is 5.90 Å². The molecule has 1 aliphatic carbocycles. The van der Waals surface area contributed by atoms with Gasteiger partial charge in [0.2, 0.25) is 5.90 Å². The number of hydrogen-bond acceptors (Lipinski definition) is 3. The Labute approximate surface area is 159 Å². The van der Waals surface area contributed by atoms with E-state index >= 15 is 0 Å². The summed E-state index contributed by atoms with van der Waals surface area (Å²) in [7, 11) is 0. The zero-order chi connectivity index (χ0) is 18.3. The number of aryl methyl sites for hydroxylation is 2. The van der Waals surface area contributed by atoms with Crippen molar-refractivity contribution >= 4 is 11.6 Å². The van der Waals surface area contributed by atoms with Crippen LogP contribution in [0, 0.1) is 0 Å². The average Bonchev–Trinajstić information content (AvgIpc) is 3.17. The van der Waals surface area contributed by atoms with Gasteiger partial charge in [-0.3, -0.25) is 0 Å². The predicted molar refractivity (Wildman–Crippen MR) is 109 cm³/mol. The Morgan fingerprint density at radius 2 is 1.48 bits per heavy atom. The van der Waals surface area contributed by atoms with Crippen molar-refractivity contribution in [1.29, 1.82) is 0 Å². The number of nitrogens with zero attached hydrogens (tertiary/aromatic N) is 1. The summed E-state index contributed by atoms with van der Waals surface area (Å²) in [5, 5.41) is 0. The molecule has 3 nitrogen and oxygen atoms in total. The molecule has 0 heterocycles. The zero-order valence-corrected chi connectivity index (χ0v) is 15.0. The lowest BCUT2D eigenvalue weighted by molar-refractivity contribution is 0.479. The lowest BCUT2D eigenvalue weighted by atomic mass is 10.1. The first kappa shape index (κ1) is 17.1. The van der Waals surface area contributed by atoms with Gasteiger partial charge in [-0.15, -0.1) is 0 Å². The minimum atomic E-state index is 0.482. The topological polar surface area (TPSA) is 30.8 Å². The molecule has 0 amide bonds. The van der Waals surface area contributed by atoms with E-state index in [4.69, 9.17) is 14.5 Å². The smallest absolute Gasteiger partial charge is 0.222 e. The third-order valence-electron chi connectivity index (χ3n) is 4.44. The van der Waals surface area contributed by atoms with Crippen LogP contribution in [0.1, 0.15) is 17.5 Å². The fourth-order valence-electron chi connectivity index (χ4n) is 3.13. The van der Waals surface area contributed by atoms with Gasteiger partial charge in [0.15, 0.2) is 0 Å². The molecule has 0 spiro atoms. The van der Waals surface area contributed by atoms with Crippen LogP contribution in [0.3, 0.4) is 0 Å². The Kier molecular flexibility index (Phi) is 5.30. The third-order valence-corrected chi connectivity index (χ3v) is 4.44. The van der Waals surface area contributed by atoms with E-state index in [1.807, 2.05) is 66.7 Å². The maximum atomic E-state index is 5.96. The Morgan fingerprint density at radius 1 is 0.778 bits per heavy atom. The Hall–Kier alpha value is -3.33. The van der Waals surface area contributed by atoms with Crippen LogP contribution in [0.4, 0.5) is 5.69 Å². The lowest BCUT2D eigenvalue weighted by Gasteiger charge is -2.07. The average molecular weight is 355 g/mol. The first-order valence-corrected chi connectivity index (χ1v) is 9.18. The van der Waals surface area contributed by atoms with Gasteiger partial charge in [-0.1, -0.05) is 42.5 Å². The highest BCUT2D eigenvalue weighted by Crippen LogP contribution is 2.26. The van der Waals surface area contributed by atoms with Crippen LogP contribution in [-0.4, -0.2) is 5.90 Å². The van der Waals surface area contributed by atoms with Gasteiger partial charge < -0.3 is 9.47 Å². The van der Waals surface area contributed by atoms with Gasteiger partial charge in [-0.25, -0.2) is 4.99 Å². The predicted octanol–water partition coefficient (Wildman–Crippen LogP) is 5.88. The summed E-state index contributed by atoms with van der Waals surface area (Å²) in [5.74, 6) is 1.99. The van der Waals surface area contributed by atoms with Crippen molar-refractivity contribution in [2.75, 3.05) is 0 Å². The number of fused-ring (bicyclic) bond motifs is 1. The van der Waals surface area contributed by atoms with Crippen molar-refractivity contribution in [3.8, 4) is 11.5 Å². The molecule has 0 N–H and O–H groups in total. The number of aliphatic imine (C=N–C) groups is 1.